The second kappa shape index (κ2) is 12.6. The van der Waals surface area contributed by atoms with E-state index in [1.54, 1.807) is 0 Å². The summed E-state index contributed by atoms with van der Waals surface area (Å²) >= 11 is 0. The van der Waals surface area contributed by atoms with Crippen molar-refractivity contribution in [3.05, 3.63) is 12.2 Å². The average molecular weight is 256 g/mol. The summed E-state index contributed by atoms with van der Waals surface area (Å²) < 4.78 is 4.87. The number of allylic oxidation sites excluding steroid dienone is 2. The van der Waals surface area contributed by atoms with Crippen LogP contribution in [-0.4, -0.2) is 24.3 Å². The van der Waals surface area contributed by atoms with E-state index in [1.165, 1.54) is 39.2 Å². The van der Waals surface area contributed by atoms with Crippen LogP contribution in [0.25, 0.3) is 0 Å². The van der Waals surface area contributed by atoms with Gasteiger partial charge >= 0.3 is 5.97 Å². The number of carboxylic acid groups (broad SMARTS) is 1. The Balaban J connectivity index is 3.35. The third-order valence-electron chi connectivity index (χ3n) is 3.04. The number of rotatable bonds is 12. The van der Waals surface area contributed by atoms with E-state index in [-0.39, 0.29) is 0 Å². The maximum atomic E-state index is 10.7. The van der Waals surface area contributed by atoms with Gasteiger partial charge in [0.15, 0.2) is 6.10 Å². The topological polar surface area (TPSA) is 46.5 Å². The molecular weight excluding hydrogens is 228 g/mol. The van der Waals surface area contributed by atoms with E-state index in [4.69, 9.17) is 9.84 Å². The summed E-state index contributed by atoms with van der Waals surface area (Å²) in [5, 5.41) is 8.77. The molecule has 0 saturated heterocycles. The Labute approximate surface area is 111 Å². The molecule has 0 aromatic carbocycles. The van der Waals surface area contributed by atoms with Crippen molar-refractivity contribution < 1.29 is 14.6 Å². The normalized spacial score (nSPS) is 13.0. The second-order valence-corrected chi connectivity index (χ2v) is 4.67. The Morgan fingerprint density at radius 2 is 1.72 bits per heavy atom. The fourth-order valence-electron chi connectivity index (χ4n) is 1.86. The number of carboxylic acids is 1. The van der Waals surface area contributed by atoms with Crippen LogP contribution >= 0.6 is 0 Å². The van der Waals surface area contributed by atoms with E-state index in [2.05, 4.69) is 19.1 Å². The van der Waals surface area contributed by atoms with Gasteiger partial charge in [0.25, 0.3) is 0 Å². The predicted octanol–water partition coefficient (Wildman–Crippen LogP) is 4.17. The number of hydrogen-bond acceptors (Lipinski definition) is 2. The van der Waals surface area contributed by atoms with Crippen LogP contribution in [0.1, 0.15) is 64.7 Å². The molecule has 0 aliphatic rings. The molecule has 1 atom stereocenters. The van der Waals surface area contributed by atoms with Gasteiger partial charge in [-0.1, -0.05) is 44.8 Å². The lowest BCUT2D eigenvalue weighted by atomic mass is 10.1. The molecule has 3 nitrogen and oxygen atoms in total. The molecule has 0 saturated carbocycles. The third-order valence-corrected chi connectivity index (χ3v) is 3.04. The number of unbranched alkanes of at least 4 members (excludes halogenated alkanes) is 6. The zero-order valence-electron chi connectivity index (χ0n) is 11.9. The molecule has 0 aromatic rings. The summed E-state index contributed by atoms with van der Waals surface area (Å²) in [6.07, 6.45) is 13.9. The van der Waals surface area contributed by atoms with Gasteiger partial charge in [0, 0.05) is 7.11 Å². The second-order valence-electron chi connectivity index (χ2n) is 4.67. The van der Waals surface area contributed by atoms with Crippen molar-refractivity contribution in [2.45, 2.75) is 70.8 Å². The molecule has 0 bridgehead atoms. The predicted molar refractivity (Wildman–Crippen MR) is 74.8 cm³/mol. The van der Waals surface area contributed by atoms with E-state index < -0.39 is 12.1 Å². The number of ether oxygens (including phenoxy) is 1. The molecule has 0 aromatic heterocycles. The van der Waals surface area contributed by atoms with Gasteiger partial charge in [-0.15, -0.1) is 0 Å². The smallest absolute Gasteiger partial charge is 0.332 e. The summed E-state index contributed by atoms with van der Waals surface area (Å²) in [5.74, 6) is -0.864. The van der Waals surface area contributed by atoms with Gasteiger partial charge in [0.1, 0.15) is 0 Å². The molecule has 0 heterocycles. The van der Waals surface area contributed by atoms with Gasteiger partial charge in [-0.3, -0.25) is 0 Å². The number of carbonyl (C=O) groups is 1. The van der Waals surface area contributed by atoms with Crippen molar-refractivity contribution in [2.24, 2.45) is 0 Å². The molecule has 1 N–H and O–H groups in total. The van der Waals surface area contributed by atoms with Crippen LogP contribution in [0.5, 0.6) is 0 Å². The molecule has 0 spiro atoms. The highest BCUT2D eigenvalue weighted by molar-refractivity contribution is 5.72. The van der Waals surface area contributed by atoms with Crippen LogP contribution in [0.3, 0.4) is 0 Å². The number of methoxy groups -OCH3 is 1. The first kappa shape index (κ1) is 17.2. The van der Waals surface area contributed by atoms with Crippen molar-refractivity contribution in [1.82, 2.24) is 0 Å². The lowest BCUT2D eigenvalue weighted by Gasteiger charge is -2.08. The lowest BCUT2D eigenvalue weighted by Crippen LogP contribution is -2.21. The quantitative estimate of drug-likeness (QED) is 0.421. The summed E-state index contributed by atoms with van der Waals surface area (Å²) in [6.45, 7) is 2.23. The SMILES string of the molecule is CCCCCCC/C=C/CCCC(OC)C(=O)O. The Hall–Kier alpha value is -0.830. The van der Waals surface area contributed by atoms with Crippen LogP contribution in [0.15, 0.2) is 12.2 Å². The van der Waals surface area contributed by atoms with Gasteiger partial charge < -0.3 is 9.84 Å². The van der Waals surface area contributed by atoms with E-state index in [9.17, 15) is 4.79 Å². The summed E-state index contributed by atoms with van der Waals surface area (Å²) in [6, 6.07) is 0. The van der Waals surface area contributed by atoms with Crippen LogP contribution < -0.4 is 0 Å². The molecule has 1 unspecified atom stereocenters. The molecule has 0 fully saturated rings. The number of aliphatic carboxylic acids is 1. The van der Waals surface area contributed by atoms with E-state index in [0.29, 0.717) is 6.42 Å². The van der Waals surface area contributed by atoms with Crippen molar-refractivity contribution in [1.29, 1.82) is 0 Å². The average Bonchev–Trinajstić information content (AvgIpc) is 2.35. The van der Waals surface area contributed by atoms with Crippen molar-refractivity contribution in [2.75, 3.05) is 7.11 Å². The van der Waals surface area contributed by atoms with Crippen LogP contribution in [0, 0.1) is 0 Å². The van der Waals surface area contributed by atoms with Crippen LogP contribution in [0.4, 0.5) is 0 Å². The van der Waals surface area contributed by atoms with Gasteiger partial charge in [-0.05, 0) is 32.1 Å². The zero-order chi connectivity index (χ0) is 13.6. The Morgan fingerprint density at radius 1 is 1.11 bits per heavy atom. The Morgan fingerprint density at radius 3 is 2.28 bits per heavy atom. The maximum Gasteiger partial charge on any atom is 0.332 e. The fraction of sp³-hybridized carbons (Fsp3) is 0.800. The molecule has 18 heavy (non-hydrogen) atoms. The molecule has 106 valence electrons. The molecule has 0 aliphatic heterocycles. The van der Waals surface area contributed by atoms with Gasteiger partial charge in [0.05, 0.1) is 0 Å². The molecule has 3 heteroatoms. The minimum Gasteiger partial charge on any atom is -0.479 e. The first-order chi connectivity index (χ1) is 8.72. The number of hydrogen-bond donors (Lipinski definition) is 1. The highest BCUT2D eigenvalue weighted by Crippen LogP contribution is 2.08. The maximum absolute atomic E-state index is 10.7. The third kappa shape index (κ3) is 10.3. The first-order valence-electron chi connectivity index (χ1n) is 7.13. The minimum absolute atomic E-state index is 0.590. The van der Waals surface area contributed by atoms with E-state index in [0.717, 1.165) is 19.3 Å². The Kier molecular flexibility index (Phi) is 12.0. The van der Waals surface area contributed by atoms with Crippen LogP contribution in [0.2, 0.25) is 0 Å². The molecule has 0 amide bonds. The first-order valence-corrected chi connectivity index (χ1v) is 7.13. The molecule has 0 rings (SSSR count). The van der Waals surface area contributed by atoms with Gasteiger partial charge in [0.2, 0.25) is 0 Å². The lowest BCUT2D eigenvalue weighted by molar-refractivity contribution is -0.148. The largest absolute Gasteiger partial charge is 0.479 e. The summed E-state index contributed by atoms with van der Waals surface area (Å²) in [4.78, 5) is 10.7. The highest BCUT2D eigenvalue weighted by atomic mass is 16.5. The van der Waals surface area contributed by atoms with Crippen molar-refractivity contribution in [3.63, 3.8) is 0 Å². The van der Waals surface area contributed by atoms with Crippen molar-refractivity contribution >= 4 is 5.97 Å². The fourth-order valence-corrected chi connectivity index (χ4v) is 1.86. The molecule has 0 radical (unpaired) electrons. The monoisotopic (exact) mass is 256 g/mol. The standard InChI is InChI=1S/C15H28O3/c1-3-4-5-6-7-8-9-10-11-12-13-14(18-2)15(16)17/h9-10,14H,3-8,11-13H2,1-2H3,(H,16,17)/b10-9+. The minimum atomic E-state index is -0.864. The van der Waals surface area contributed by atoms with Crippen LogP contribution in [-0.2, 0) is 9.53 Å². The zero-order valence-corrected chi connectivity index (χ0v) is 11.9. The summed E-state index contributed by atoms with van der Waals surface area (Å²) in [7, 11) is 1.45. The van der Waals surface area contributed by atoms with Crippen molar-refractivity contribution in [3.8, 4) is 0 Å². The van der Waals surface area contributed by atoms with Gasteiger partial charge in [-0.25, -0.2) is 4.79 Å². The van der Waals surface area contributed by atoms with E-state index in [1.807, 2.05) is 0 Å². The summed E-state index contributed by atoms with van der Waals surface area (Å²) in [5.41, 5.74) is 0. The Bertz CT molecular complexity index is 224. The van der Waals surface area contributed by atoms with E-state index >= 15 is 0 Å². The molecule has 0 aliphatic carbocycles. The highest BCUT2D eigenvalue weighted by Gasteiger charge is 2.14. The van der Waals surface area contributed by atoms with Gasteiger partial charge in [-0.2, -0.15) is 0 Å². The molecular formula is C15H28O3.